The first kappa shape index (κ1) is 16.6. The molecule has 0 spiro atoms. The van der Waals surface area contributed by atoms with Crippen molar-refractivity contribution in [3.8, 4) is 5.75 Å². The monoisotopic (exact) mass is 361 g/mol. The lowest BCUT2D eigenvalue weighted by Gasteiger charge is -2.12. The van der Waals surface area contributed by atoms with Crippen LogP contribution < -0.4 is 10.1 Å². The second-order valence-electron chi connectivity index (χ2n) is 4.98. The van der Waals surface area contributed by atoms with Gasteiger partial charge in [-0.1, -0.05) is 53.2 Å². The number of hydrogen-bond acceptors (Lipinski definition) is 2. The van der Waals surface area contributed by atoms with Crippen molar-refractivity contribution < 1.29 is 9.53 Å². The van der Waals surface area contributed by atoms with E-state index < -0.39 is 0 Å². The SMILES string of the molecule is CCCNC(=O)c1cc(Br)ccc1OCCc1ccccc1. The van der Waals surface area contributed by atoms with Crippen molar-refractivity contribution in [2.24, 2.45) is 0 Å². The molecule has 2 aromatic carbocycles. The van der Waals surface area contributed by atoms with E-state index in [4.69, 9.17) is 4.74 Å². The van der Waals surface area contributed by atoms with Gasteiger partial charge in [0.05, 0.1) is 12.2 Å². The molecule has 0 radical (unpaired) electrons. The Labute approximate surface area is 139 Å². The molecule has 116 valence electrons. The Morgan fingerprint density at radius 3 is 2.68 bits per heavy atom. The van der Waals surface area contributed by atoms with Crippen LogP contribution in [0.2, 0.25) is 0 Å². The Bertz CT molecular complexity index is 614. The lowest BCUT2D eigenvalue weighted by atomic mass is 10.1. The first-order valence-corrected chi connectivity index (χ1v) is 8.24. The average Bonchev–Trinajstić information content (AvgIpc) is 2.55. The van der Waals surface area contributed by atoms with Crippen LogP contribution in [0.1, 0.15) is 29.3 Å². The zero-order chi connectivity index (χ0) is 15.8. The van der Waals surface area contributed by atoms with Crippen LogP contribution in [0.4, 0.5) is 0 Å². The summed E-state index contributed by atoms with van der Waals surface area (Å²) in [5.74, 6) is 0.519. The first-order chi connectivity index (χ1) is 10.7. The maximum atomic E-state index is 12.2. The van der Waals surface area contributed by atoms with Crippen LogP contribution in [-0.4, -0.2) is 19.1 Å². The maximum Gasteiger partial charge on any atom is 0.255 e. The molecule has 0 unspecified atom stereocenters. The standard InChI is InChI=1S/C18H20BrNO2/c1-2-11-20-18(21)16-13-15(19)8-9-17(16)22-12-10-14-6-4-3-5-7-14/h3-9,13H,2,10-12H2,1H3,(H,20,21). The summed E-state index contributed by atoms with van der Waals surface area (Å²) in [6.45, 7) is 3.23. The molecule has 3 nitrogen and oxygen atoms in total. The normalized spacial score (nSPS) is 10.3. The van der Waals surface area contributed by atoms with Gasteiger partial charge in [0.2, 0.25) is 0 Å². The minimum Gasteiger partial charge on any atom is -0.492 e. The molecule has 0 aliphatic heterocycles. The molecule has 0 bridgehead atoms. The third-order valence-corrected chi connectivity index (χ3v) is 3.71. The third kappa shape index (κ3) is 4.88. The average molecular weight is 362 g/mol. The van der Waals surface area contributed by atoms with Gasteiger partial charge in [-0.2, -0.15) is 0 Å². The molecule has 0 aliphatic rings. The quantitative estimate of drug-likeness (QED) is 0.801. The van der Waals surface area contributed by atoms with Crippen molar-refractivity contribution in [1.29, 1.82) is 0 Å². The fourth-order valence-electron chi connectivity index (χ4n) is 2.06. The summed E-state index contributed by atoms with van der Waals surface area (Å²) in [5, 5.41) is 2.88. The summed E-state index contributed by atoms with van der Waals surface area (Å²) in [6.07, 6.45) is 1.72. The van der Waals surface area contributed by atoms with Gasteiger partial charge in [0.25, 0.3) is 5.91 Å². The van der Waals surface area contributed by atoms with Gasteiger partial charge in [-0.05, 0) is 30.2 Å². The van der Waals surface area contributed by atoms with Crippen molar-refractivity contribution in [2.45, 2.75) is 19.8 Å². The number of carbonyl (C=O) groups is 1. The Balaban J connectivity index is 2.02. The van der Waals surface area contributed by atoms with Gasteiger partial charge in [0.1, 0.15) is 5.75 Å². The zero-order valence-corrected chi connectivity index (χ0v) is 14.2. The molecule has 1 amide bonds. The number of benzene rings is 2. The second kappa shape index (κ2) is 8.59. The van der Waals surface area contributed by atoms with Crippen LogP contribution in [-0.2, 0) is 6.42 Å². The van der Waals surface area contributed by atoms with Crippen LogP contribution in [0, 0.1) is 0 Å². The van der Waals surface area contributed by atoms with Gasteiger partial charge >= 0.3 is 0 Å². The van der Waals surface area contributed by atoms with Gasteiger partial charge in [0.15, 0.2) is 0 Å². The van der Waals surface area contributed by atoms with E-state index in [2.05, 4.69) is 33.4 Å². The van der Waals surface area contributed by atoms with E-state index in [1.807, 2.05) is 37.3 Å². The number of hydrogen-bond donors (Lipinski definition) is 1. The molecule has 0 heterocycles. The summed E-state index contributed by atoms with van der Waals surface area (Å²) in [6, 6.07) is 15.7. The molecular formula is C18H20BrNO2. The molecule has 0 aliphatic carbocycles. The van der Waals surface area contributed by atoms with Gasteiger partial charge in [-0.15, -0.1) is 0 Å². The number of halogens is 1. The lowest BCUT2D eigenvalue weighted by Crippen LogP contribution is -2.24. The number of ether oxygens (including phenoxy) is 1. The van der Waals surface area contributed by atoms with E-state index in [-0.39, 0.29) is 5.91 Å². The summed E-state index contributed by atoms with van der Waals surface area (Å²) in [4.78, 5) is 12.2. The summed E-state index contributed by atoms with van der Waals surface area (Å²) < 4.78 is 6.68. The fourth-order valence-corrected chi connectivity index (χ4v) is 2.42. The Morgan fingerprint density at radius 2 is 1.95 bits per heavy atom. The first-order valence-electron chi connectivity index (χ1n) is 7.45. The predicted molar refractivity (Wildman–Crippen MR) is 92.4 cm³/mol. The third-order valence-electron chi connectivity index (χ3n) is 3.21. The van der Waals surface area contributed by atoms with Gasteiger partial charge in [-0.3, -0.25) is 4.79 Å². The van der Waals surface area contributed by atoms with E-state index >= 15 is 0 Å². The molecule has 0 fully saturated rings. The number of amides is 1. The van der Waals surface area contributed by atoms with Crippen LogP contribution >= 0.6 is 15.9 Å². The van der Waals surface area contributed by atoms with Crippen molar-refractivity contribution in [2.75, 3.05) is 13.2 Å². The van der Waals surface area contributed by atoms with Crippen molar-refractivity contribution in [1.82, 2.24) is 5.32 Å². The van der Waals surface area contributed by atoms with Crippen LogP contribution in [0.25, 0.3) is 0 Å². The Morgan fingerprint density at radius 1 is 1.18 bits per heavy atom. The van der Waals surface area contributed by atoms with Crippen molar-refractivity contribution in [3.05, 3.63) is 64.1 Å². The molecule has 2 aromatic rings. The van der Waals surface area contributed by atoms with Crippen molar-refractivity contribution in [3.63, 3.8) is 0 Å². The van der Waals surface area contributed by atoms with E-state index in [0.29, 0.717) is 24.5 Å². The van der Waals surface area contributed by atoms with E-state index in [1.165, 1.54) is 5.56 Å². The Kier molecular flexibility index (Phi) is 6.46. The highest BCUT2D eigenvalue weighted by molar-refractivity contribution is 9.10. The van der Waals surface area contributed by atoms with Gasteiger partial charge < -0.3 is 10.1 Å². The summed E-state index contributed by atoms with van der Waals surface area (Å²) in [7, 11) is 0. The molecular weight excluding hydrogens is 342 g/mol. The highest BCUT2D eigenvalue weighted by atomic mass is 79.9. The minimum atomic E-state index is -0.0992. The largest absolute Gasteiger partial charge is 0.492 e. The smallest absolute Gasteiger partial charge is 0.255 e. The predicted octanol–water partition coefficient (Wildman–Crippen LogP) is 4.21. The molecule has 0 aromatic heterocycles. The Hall–Kier alpha value is -1.81. The zero-order valence-electron chi connectivity index (χ0n) is 12.6. The molecule has 2 rings (SSSR count). The van der Waals surface area contributed by atoms with E-state index in [9.17, 15) is 4.79 Å². The van der Waals surface area contributed by atoms with E-state index in [1.54, 1.807) is 6.07 Å². The molecule has 0 atom stereocenters. The second-order valence-corrected chi connectivity index (χ2v) is 5.90. The van der Waals surface area contributed by atoms with Gasteiger partial charge in [0, 0.05) is 17.4 Å². The summed E-state index contributed by atoms with van der Waals surface area (Å²) in [5.41, 5.74) is 1.78. The lowest BCUT2D eigenvalue weighted by molar-refractivity contribution is 0.0949. The molecule has 4 heteroatoms. The molecule has 22 heavy (non-hydrogen) atoms. The van der Waals surface area contributed by atoms with Crippen LogP contribution in [0.5, 0.6) is 5.75 Å². The molecule has 0 saturated carbocycles. The minimum absolute atomic E-state index is 0.0992. The summed E-state index contributed by atoms with van der Waals surface area (Å²) >= 11 is 3.40. The molecule has 1 N–H and O–H groups in total. The van der Waals surface area contributed by atoms with Gasteiger partial charge in [-0.25, -0.2) is 0 Å². The molecule has 0 saturated heterocycles. The topological polar surface area (TPSA) is 38.3 Å². The van der Waals surface area contributed by atoms with E-state index in [0.717, 1.165) is 17.3 Å². The van der Waals surface area contributed by atoms with Crippen molar-refractivity contribution >= 4 is 21.8 Å². The number of rotatable bonds is 7. The van der Waals surface area contributed by atoms with Crippen LogP contribution in [0.3, 0.4) is 0 Å². The fraction of sp³-hybridized carbons (Fsp3) is 0.278. The highest BCUT2D eigenvalue weighted by Crippen LogP contribution is 2.23. The maximum absolute atomic E-state index is 12.2. The number of nitrogens with one attached hydrogen (secondary N) is 1. The van der Waals surface area contributed by atoms with Crippen LogP contribution in [0.15, 0.2) is 53.0 Å². The number of carbonyl (C=O) groups excluding carboxylic acids is 1. The highest BCUT2D eigenvalue weighted by Gasteiger charge is 2.12.